The fraction of sp³-hybridized carbons (Fsp3) is 0.667. The van der Waals surface area contributed by atoms with Gasteiger partial charge in [-0.2, -0.15) is 0 Å². The topological polar surface area (TPSA) is 26.7 Å². The Morgan fingerprint density at radius 2 is 1.86 bits per heavy atom. The fourth-order valence-corrected chi connectivity index (χ4v) is 4.19. The number of fused-ring (bicyclic) bond motifs is 2. The highest BCUT2D eigenvalue weighted by atomic mass is 16.3. The molecule has 21 heavy (non-hydrogen) atoms. The smallest absolute Gasteiger partial charge is 0.0945 e. The van der Waals surface area contributed by atoms with Crippen LogP contribution in [0.2, 0.25) is 0 Å². The van der Waals surface area contributed by atoms with Crippen molar-refractivity contribution >= 4 is 0 Å². The van der Waals surface area contributed by atoms with Crippen LogP contribution in [0.1, 0.15) is 44.3 Å². The molecule has 4 unspecified atom stereocenters. The van der Waals surface area contributed by atoms with E-state index in [-0.39, 0.29) is 12.1 Å². The van der Waals surface area contributed by atoms with E-state index < -0.39 is 0 Å². The number of hydrogen-bond donors (Lipinski definition) is 1. The first-order chi connectivity index (χ1) is 10.2. The predicted octanol–water partition coefficient (Wildman–Crippen LogP) is 2.67. The van der Waals surface area contributed by atoms with Gasteiger partial charge in [-0.05, 0) is 38.3 Å². The third-order valence-corrected chi connectivity index (χ3v) is 5.57. The van der Waals surface area contributed by atoms with Gasteiger partial charge >= 0.3 is 0 Å². The van der Waals surface area contributed by atoms with Crippen LogP contribution in [0.4, 0.5) is 0 Å². The number of hydrogen-bond acceptors (Lipinski definition) is 3. The molecular weight excluding hydrogens is 260 g/mol. The zero-order chi connectivity index (χ0) is 14.8. The van der Waals surface area contributed by atoms with E-state index in [0.29, 0.717) is 6.04 Å². The third kappa shape index (κ3) is 3.01. The van der Waals surface area contributed by atoms with Crippen molar-refractivity contribution in [2.24, 2.45) is 0 Å². The lowest BCUT2D eigenvalue weighted by Gasteiger charge is -2.35. The first-order valence-electron chi connectivity index (χ1n) is 8.39. The van der Waals surface area contributed by atoms with Crippen molar-refractivity contribution < 1.29 is 5.11 Å². The normalized spacial score (nSPS) is 30.0. The van der Waals surface area contributed by atoms with E-state index in [1.807, 2.05) is 30.3 Å². The van der Waals surface area contributed by atoms with Crippen LogP contribution in [0.3, 0.4) is 0 Å². The standard InChI is InChI=1S/C18H28N2O/c1-3-17(18(21)14-7-5-4-6-8-14)20-12-11-15-9-10-16(13-20)19(15)2/h4-8,15-18,21H,3,9-13H2,1-2H3. The summed E-state index contributed by atoms with van der Waals surface area (Å²) in [7, 11) is 2.28. The van der Waals surface area contributed by atoms with Crippen LogP contribution in [0.25, 0.3) is 0 Å². The van der Waals surface area contributed by atoms with Gasteiger partial charge in [0.15, 0.2) is 0 Å². The molecule has 2 bridgehead atoms. The van der Waals surface area contributed by atoms with Crippen molar-refractivity contribution in [1.29, 1.82) is 0 Å². The molecule has 0 radical (unpaired) electrons. The van der Waals surface area contributed by atoms with E-state index >= 15 is 0 Å². The van der Waals surface area contributed by atoms with Gasteiger partial charge in [0.2, 0.25) is 0 Å². The number of aliphatic hydroxyl groups excluding tert-OH is 1. The highest BCUT2D eigenvalue weighted by Crippen LogP contribution is 2.32. The minimum Gasteiger partial charge on any atom is -0.387 e. The molecule has 2 aliphatic rings. The molecule has 0 aromatic heterocycles. The molecule has 4 atom stereocenters. The van der Waals surface area contributed by atoms with E-state index in [1.165, 1.54) is 19.3 Å². The highest BCUT2D eigenvalue weighted by Gasteiger charge is 2.37. The van der Waals surface area contributed by atoms with Crippen LogP contribution in [0.15, 0.2) is 30.3 Å². The van der Waals surface area contributed by atoms with Crippen molar-refractivity contribution in [3.8, 4) is 0 Å². The van der Waals surface area contributed by atoms with Gasteiger partial charge in [-0.15, -0.1) is 0 Å². The zero-order valence-corrected chi connectivity index (χ0v) is 13.3. The monoisotopic (exact) mass is 288 g/mol. The Balaban J connectivity index is 1.74. The summed E-state index contributed by atoms with van der Waals surface area (Å²) in [6.45, 7) is 4.42. The first kappa shape index (κ1) is 15.0. The second-order valence-electron chi connectivity index (χ2n) is 6.67. The van der Waals surface area contributed by atoms with E-state index in [4.69, 9.17) is 0 Å². The molecule has 2 fully saturated rings. The van der Waals surface area contributed by atoms with Crippen molar-refractivity contribution in [2.45, 2.75) is 56.8 Å². The van der Waals surface area contributed by atoms with E-state index in [2.05, 4.69) is 23.8 Å². The molecule has 2 aliphatic heterocycles. The van der Waals surface area contributed by atoms with Crippen LogP contribution in [0, 0.1) is 0 Å². The highest BCUT2D eigenvalue weighted by molar-refractivity contribution is 5.19. The van der Waals surface area contributed by atoms with Gasteiger partial charge in [0, 0.05) is 31.2 Å². The summed E-state index contributed by atoms with van der Waals surface area (Å²) in [5.41, 5.74) is 1.05. The minimum atomic E-state index is -0.377. The molecular formula is C18H28N2O. The number of nitrogens with zero attached hydrogens (tertiary/aromatic N) is 2. The summed E-state index contributed by atoms with van der Waals surface area (Å²) < 4.78 is 0. The number of likely N-dealkylation sites (N-methyl/N-ethyl adjacent to an activating group) is 1. The summed E-state index contributed by atoms with van der Waals surface area (Å²) in [6, 6.07) is 11.8. The van der Waals surface area contributed by atoms with Crippen LogP contribution < -0.4 is 0 Å². The van der Waals surface area contributed by atoms with Gasteiger partial charge in [0.1, 0.15) is 0 Å². The average molecular weight is 288 g/mol. The van der Waals surface area contributed by atoms with Crippen LogP contribution in [-0.4, -0.2) is 53.2 Å². The molecule has 116 valence electrons. The summed E-state index contributed by atoms with van der Waals surface area (Å²) >= 11 is 0. The van der Waals surface area contributed by atoms with Crippen molar-refractivity contribution in [3.63, 3.8) is 0 Å². The summed E-state index contributed by atoms with van der Waals surface area (Å²) in [6.07, 6.45) is 4.53. The van der Waals surface area contributed by atoms with Crippen molar-refractivity contribution in [3.05, 3.63) is 35.9 Å². The van der Waals surface area contributed by atoms with Gasteiger partial charge < -0.3 is 5.11 Å². The van der Waals surface area contributed by atoms with E-state index in [1.54, 1.807) is 0 Å². The molecule has 3 heteroatoms. The molecule has 3 nitrogen and oxygen atoms in total. The molecule has 0 saturated carbocycles. The summed E-state index contributed by atoms with van der Waals surface area (Å²) in [5.74, 6) is 0. The number of aliphatic hydroxyl groups is 1. The Morgan fingerprint density at radius 1 is 1.14 bits per heavy atom. The first-order valence-corrected chi connectivity index (χ1v) is 8.39. The quantitative estimate of drug-likeness (QED) is 0.923. The Morgan fingerprint density at radius 3 is 2.57 bits per heavy atom. The number of benzene rings is 1. The Labute approximate surface area is 128 Å². The largest absolute Gasteiger partial charge is 0.387 e. The Bertz CT molecular complexity index is 450. The van der Waals surface area contributed by atoms with E-state index in [0.717, 1.165) is 31.1 Å². The van der Waals surface area contributed by atoms with Gasteiger partial charge in [-0.1, -0.05) is 37.3 Å². The Kier molecular flexibility index (Phi) is 4.63. The minimum absolute atomic E-state index is 0.236. The summed E-state index contributed by atoms with van der Waals surface area (Å²) in [4.78, 5) is 5.11. The zero-order valence-electron chi connectivity index (χ0n) is 13.3. The number of rotatable bonds is 4. The molecule has 1 aromatic carbocycles. The molecule has 2 saturated heterocycles. The number of likely N-dealkylation sites (tertiary alicyclic amines) is 1. The molecule has 1 N–H and O–H groups in total. The SMILES string of the molecule is CCC(C(O)c1ccccc1)N1CCC2CCC(C1)N2C. The van der Waals surface area contributed by atoms with E-state index in [9.17, 15) is 5.11 Å². The molecule has 2 heterocycles. The van der Waals surface area contributed by atoms with Crippen LogP contribution >= 0.6 is 0 Å². The average Bonchev–Trinajstić information content (AvgIpc) is 2.76. The second-order valence-corrected chi connectivity index (χ2v) is 6.67. The van der Waals surface area contributed by atoms with Crippen LogP contribution in [0.5, 0.6) is 0 Å². The maximum Gasteiger partial charge on any atom is 0.0945 e. The van der Waals surface area contributed by atoms with Gasteiger partial charge in [0.05, 0.1) is 6.10 Å². The van der Waals surface area contributed by atoms with Crippen LogP contribution in [-0.2, 0) is 0 Å². The molecule has 0 amide bonds. The van der Waals surface area contributed by atoms with Gasteiger partial charge in [0.25, 0.3) is 0 Å². The lowest BCUT2D eigenvalue weighted by Crippen LogP contribution is -2.44. The maximum absolute atomic E-state index is 10.8. The fourth-order valence-electron chi connectivity index (χ4n) is 4.19. The van der Waals surface area contributed by atoms with Gasteiger partial charge in [-0.25, -0.2) is 0 Å². The lowest BCUT2D eigenvalue weighted by molar-refractivity contribution is 0.0407. The second kappa shape index (κ2) is 6.47. The predicted molar refractivity (Wildman–Crippen MR) is 86.2 cm³/mol. The molecule has 3 rings (SSSR count). The Hall–Kier alpha value is -0.900. The third-order valence-electron chi connectivity index (χ3n) is 5.57. The van der Waals surface area contributed by atoms with Gasteiger partial charge in [-0.3, -0.25) is 9.80 Å². The van der Waals surface area contributed by atoms with Crippen molar-refractivity contribution in [1.82, 2.24) is 9.80 Å². The summed E-state index contributed by atoms with van der Waals surface area (Å²) in [5, 5.41) is 10.8. The lowest BCUT2D eigenvalue weighted by atomic mass is 9.97. The molecule has 1 aromatic rings. The van der Waals surface area contributed by atoms with Crippen molar-refractivity contribution in [2.75, 3.05) is 20.1 Å². The molecule has 0 aliphatic carbocycles. The maximum atomic E-state index is 10.8. The molecule has 0 spiro atoms.